The van der Waals surface area contributed by atoms with Crippen LogP contribution >= 0.6 is 11.3 Å². The molecule has 0 unspecified atom stereocenters. The van der Waals surface area contributed by atoms with Gasteiger partial charge in [-0.25, -0.2) is 4.98 Å². The summed E-state index contributed by atoms with van der Waals surface area (Å²) in [6, 6.07) is 51.3. The Kier molecular flexibility index (Phi) is 6.68. The number of benzene rings is 7. The monoisotopic (exact) mass is 715 g/mol. The molecule has 0 bridgehead atoms. The highest BCUT2D eigenvalue weighted by molar-refractivity contribution is 7.26. The standard InChI is InChI=1S/C48H37N5S/c1-29-24-30(2)47(31(3)25-29)52-28-51(39-17-8-9-18-40(39)52)33-12-11-13-34(27-33)53-41-22-23-44-46(36-14-5-10-19-43(36)54-44)45(41)35-21-20-32(26-42(35)53)48-49-37-15-6-7-16-38(37)50(48)4/h5-27H,28H2,1-4H3. The number of anilines is 4. The Hall–Kier alpha value is -6.37. The molecule has 0 aliphatic carbocycles. The Labute approximate surface area is 317 Å². The number of para-hydroxylation sites is 4. The van der Waals surface area contributed by atoms with E-state index < -0.39 is 0 Å². The second-order valence-electron chi connectivity index (χ2n) is 14.7. The van der Waals surface area contributed by atoms with E-state index >= 15 is 0 Å². The number of fused-ring (bicyclic) bond motifs is 9. The minimum Gasteiger partial charge on any atom is -0.327 e. The van der Waals surface area contributed by atoms with Crippen LogP contribution in [0.15, 0.2) is 140 Å². The largest absolute Gasteiger partial charge is 0.327 e. The van der Waals surface area contributed by atoms with Crippen LogP contribution in [0.2, 0.25) is 0 Å². The smallest absolute Gasteiger partial charge is 0.140 e. The molecule has 4 heterocycles. The molecular formula is C48H37N5S. The van der Waals surface area contributed by atoms with Crippen LogP contribution in [-0.4, -0.2) is 20.8 Å². The van der Waals surface area contributed by atoms with Crippen molar-refractivity contribution in [2.24, 2.45) is 7.05 Å². The van der Waals surface area contributed by atoms with Crippen molar-refractivity contribution in [2.45, 2.75) is 20.8 Å². The third-order valence-corrected chi connectivity index (χ3v) is 12.5. The van der Waals surface area contributed by atoms with Crippen molar-refractivity contribution in [1.82, 2.24) is 14.1 Å². The van der Waals surface area contributed by atoms with Gasteiger partial charge in [-0.2, -0.15) is 0 Å². The molecule has 0 fully saturated rings. The molecule has 54 heavy (non-hydrogen) atoms. The highest BCUT2D eigenvalue weighted by Gasteiger charge is 2.30. The minimum atomic E-state index is 0.735. The van der Waals surface area contributed by atoms with E-state index in [1.807, 2.05) is 11.3 Å². The van der Waals surface area contributed by atoms with Gasteiger partial charge in [0.05, 0.1) is 33.4 Å². The molecule has 6 heteroatoms. The number of aryl methyl sites for hydroxylation is 4. The molecule has 3 aromatic heterocycles. The molecule has 1 aliphatic rings. The molecule has 0 radical (unpaired) electrons. The highest BCUT2D eigenvalue weighted by atomic mass is 32.1. The first-order valence-electron chi connectivity index (χ1n) is 18.6. The Balaban J connectivity index is 1.14. The van der Waals surface area contributed by atoms with Gasteiger partial charge in [0.2, 0.25) is 0 Å². The van der Waals surface area contributed by atoms with Crippen molar-refractivity contribution in [1.29, 1.82) is 0 Å². The average Bonchev–Trinajstić information content (AvgIpc) is 3.93. The van der Waals surface area contributed by atoms with Gasteiger partial charge >= 0.3 is 0 Å². The van der Waals surface area contributed by atoms with E-state index in [4.69, 9.17) is 4.98 Å². The number of imidazole rings is 1. The van der Waals surface area contributed by atoms with Crippen LogP contribution in [0.25, 0.3) is 70.1 Å². The van der Waals surface area contributed by atoms with Gasteiger partial charge in [-0.05, 0) is 98.6 Å². The summed E-state index contributed by atoms with van der Waals surface area (Å²) in [7, 11) is 2.12. The van der Waals surface area contributed by atoms with Gasteiger partial charge in [-0.1, -0.05) is 78.4 Å². The summed E-state index contributed by atoms with van der Waals surface area (Å²) in [5, 5.41) is 5.18. The molecule has 0 atom stereocenters. The predicted molar refractivity (Wildman–Crippen MR) is 230 cm³/mol. The molecule has 5 nitrogen and oxygen atoms in total. The van der Waals surface area contributed by atoms with Crippen LogP contribution in [0.3, 0.4) is 0 Å². The molecule has 0 amide bonds. The molecular weight excluding hydrogens is 679 g/mol. The van der Waals surface area contributed by atoms with Gasteiger partial charge in [-0.15, -0.1) is 11.3 Å². The maximum absolute atomic E-state index is 5.11. The van der Waals surface area contributed by atoms with Crippen molar-refractivity contribution in [2.75, 3.05) is 16.5 Å². The van der Waals surface area contributed by atoms with Crippen molar-refractivity contribution in [3.05, 3.63) is 156 Å². The molecule has 1 aliphatic heterocycles. The first-order chi connectivity index (χ1) is 26.4. The number of hydrogen-bond acceptors (Lipinski definition) is 4. The van der Waals surface area contributed by atoms with Crippen LogP contribution in [0.1, 0.15) is 16.7 Å². The Morgan fingerprint density at radius 2 is 1.30 bits per heavy atom. The molecule has 0 saturated heterocycles. The van der Waals surface area contributed by atoms with Crippen LogP contribution in [0, 0.1) is 20.8 Å². The normalized spacial score (nSPS) is 13.0. The summed E-state index contributed by atoms with van der Waals surface area (Å²) in [4.78, 5) is 10.0. The molecule has 7 aromatic carbocycles. The van der Waals surface area contributed by atoms with E-state index in [-0.39, 0.29) is 0 Å². The summed E-state index contributed by atoms with van der Waals surface area (Å²) in [6.07, 6.45) is 0. The van der Waals surface area contributed by atoms with E-state index in [0.717, 1.165) is 40.5 Å². The Bertz CT molecular complexity index is 3140. The zero-order valence-electron chi connectivity index (χ0n) is 30.6. The Morgan fingerprint density at radius 1 is 0.556 bits per heavy atom. The summed E-state index contributed by atoms with van der Waals surface area (Å²) in [5.41, 5.74) is 15.5. The molecule has 10 aromatic rings. The average molecular weight is 716 g/mol. The first-order valence-corrected chi connectivity index (χ1v) is 19.4. The lowest BCUT2D eigenvalue weighted by molar-refractivity contribution is 0.959. The van der Waals surface area contributed by atoms with Crippen LogP contribution < -0.4 is 9.80 Å². The zero-order valence-corrected chi connectivity index (χ0v) is 31.4. The van der Waals surface area contributed by atoms with Crippen LogP contribution in [0.5, 0.6) is 0 Å². The maximum Gasteiger partial charge on any atom is 0.140 e. The highest BCUT2D eigenvalue weighted by Crippen LogP contribution is 2.48. The maximum atomic E-state index is 5.11. The number of thiophene rings is 1. The van der Waals surface area contributed by atoms with E-state index in [0.29, 0.717) is 0 Å². The fraction of sp³-hybridized carbons (Fsp3) is 0.104. The summed E-state index contributed by atoms with van der Waals surface area (Å²) in [5.74, 6) is 0.963. The van der Waals surface area contributed by atoms with E-state index in [1.54, 1.807) is 0 Å². The van der Waals surface area contributed by atoms with Gasteiger partial charge in [-0.3, -0.25) is 0 Å². The molecule has 11 rings (SSSR count). The van der Waals surface area contributed by atoms with Crippen molar-refractivity contribution in [3.8, 4) is 17.1 Å². The van der Waals surface area contributed by atoms with Crippen LogP contribution in [-0.2, 0) is 7.05 Å². The molecule has 0 N–H and O–H groups in total. The number of hydrogen-bond donors (Lipinski definition) is 0. The van der Waals surface area contributed by atoms with Gasteiger partial charge in [0, 0.05) is 60.6 Å². The van der Waals surface area contributed by atoms with Crippen molar-refractivity contribution in [3.63, 3.8) is 0 Å². The van der Waals surface area contributed by atoms with Gasteiger partial charge < -0.3 is 18.9 Å². The summed E-state index contributed by atoms with van der Waals surface area (Å²) >= 11 is 1.87. The van der Waals surface area contributed by atoms with Gasteiger partial charge in [0.1, 0.15) is 12.5 Å². The predicted octanol–water partition coefficient (Wildman–Crippen LogP) is 12.9. The SMILES string of the molecule is Cc1cc(C)c(N2CN(c3cccc(-n4c5cc(-c6nc7ccccc7n6C)ccc5c5c6c(ccc54)sc4ccccc46)c3)c3ccccc32)c(C)c1. The quantitative estimate of drug-likeness (QED) is 0.182. The molecule has 260 valence electrons. The Morgan fingerprint density at radius 3 is 2.13 bits per heavy atom. The van der Waals surface area contributed by atoms with Crippen molar-refractivity contribution < 1.29 is 0 Å². The number of rotatable bonds is 4. The first kappa shape index (κ1) is 31.2. The van der Waals surface area contributed by atoms with Crippen LogP contribution in [0.4, 0.5) is 22.7 Å². The van der Waals surface area contributed by atoms with Crippen molar-refractivity contribution >= 4 is 87.1 Å². The van der Waals surface area contributed by atoms with Gasteiger partial charge in [0.25, 0.3) is 0 Å². The van der Waals surface area contributed by atoms with Gasteiger partial charge in [0.15, 0.2) is 0 Å². The topological polar surface area (TPSA) is 29.2 Å². The second-order valence-corrected chi connectivity index (χ2v) is 15.8. The fourth-order valence-corrected chi connectivity index (χ4v) is 10.3. The lowest BCUT2D eigenvalue weighted by Gasteiger charge is -2.26. The zero-order chi connectivity index (χ0) is 36.2. The fourth-order valence-electron chi connectivity index (χ4n) is 9.17. The number of aromatic nitrogens is 3. The number of nitrogens with zero attached hydrogens (tertiary/aromatic N) is 5. The second kappa shape index (κ2) is 11.6. The third kappa shape index (κ3) is 4.47. The molecule has 0 saturated carbocycles. The van der Waals surface area contributed by atoms with E-state index in [2.05, 4.69) is 186 Å². The summed E-state index contributed by atoms with van der Waals surface area (Å²) in [6.45, 7) is 7.39. The summed E-state index contributed by atoms with van der Waals surface area (Å²) < 4.78 is 7.31. The lowest BCUT2D eigenvalue weighted by atomic mass is 10.0. The third-order valence-electron chi connectivity index (χ3n) is 11.4. The lowest BCUT2D eigenvalue weighted by Crippen LogP contribution is -2.25. The van der Waals surface area contributed by atoms with E-state index in [9.17, 15) is 0 Å². The minimum absolute atomic E-state index is 0.735. The van der Waals surface area contributed by atoms with E-state index in [1.165, 1.54) is 75.7 Å². The molecule has 0 spiro atoms.